The summed E-state index contributed by atoms with van der Waals surface area (Å²) in [7, 11) is 3.58. The molecule has 3 unspecified atom stereocenters. The van der Waals surface area contributed by atoms with Gasteiger partial charge in [-0.3, -0.25) is 4.79 Å². The Hall–Kier alpha value is -0.650. The monoisotopic (exact) mass is 272 g/mol. The molecule has 1 N–H and O–H groups in total. The third-order valence-electron chi connectivity index (χ3n) is 3.93. The maximum absolute atomic E-state index is 11.7. The van der Waals surface area contributed by atoms with Gasteiger partial charge in [0, 0.05) is 20.2 Å². The molecule has 0 saturated carbocycles. The number of methoxy groups -OCH3 is 1. The highest BCUT2D eigenvalue weighted by atomic mass is 16.5. The van der Waals surface area contributed by atoms with Gasteiger partial charge in [-0.1, -0.05) is 6.92 Å². The standard InChI is InChI=1S/C14H28N2O3/c1-5-19-14(17)12(15-3)7-9-16-8-6-11(2)13(10-16)18-4/h11-13,15H,5-10H2,1-4H3. The Morgan fingerprint density at radius 2 is 2.26 bits per heavy atom. The summed E-state index contributed by atoms with van der Waals surface area (Å²) in [5.41, 5.74) is 0. The second-order valence-electron chi connectivity index (χ2n) is 5.22. The van der Waals surface area contributed by atoms with Crippen molar-refractivity contribution < 1.29 is 14.3 Å². The zero-order valence-electron chi connectivity index (χ0n) is 12.6. The van der Waals surface area contributed by atoms with Crippen molar-refractivity contribution in [3.05, 3.63) is 0 Å². The van der Waals surface area contributed by atoms with E-state index in [1.807, 2.05) is 6.92 Å². The molecule has 0 spiro atoms. The third kappa shape index (κ3) is 5.09. The molecule has 0 aromatic carbocycles. The number of nitrogens with zero attached hydrogens (tertiary/aromatic N) is 1. The van der Waals surface area contributed by atoms with E-state index < -0.39 is 0 Å². The van der Waals surface area contributed by atoms with Crippen molar-refractivity contribution in [1.82, 2.24) is 10.2 Å². The fourth-order valence-corrected chi connectivity index (χ4v) is 2.54. The van der Waals surface area contributed by atoms with Crippen LogP contribution < -0.4 is 5.32 Å². The molecule has 0 aliphatic carbocycles. The quantitative estimate of drug-likeness (QED) is 0.697. The van der Waals surface area contributed by atoms with Gasteiger partial charge in [-0.05, 0) is 39.3 Å². The first-order valence-electron chi connectivity index (χ1n) is 7.21. The largest absolute Gasteiger partial charge is 0.465 e. The van der Waals surface area contributed by atoms with Crippen LogP contribution in [0.4, 0.5) is 0 Å². The summed E-state index contributed by atoms with van der Waals surface area (Å²) in [6.07, 6.45) is 2.24. The predicted molar refractivity (Wildman–Crippen MR) is 75.1 cm³/mol. The van der Waals surface area contributed by atoms with Crippen molar-refractivity contribution in [3.63, 3.8) is 0 Å². The zero-order chi connectivity index (χ0) is 14.3. The van der Waals surface area contributed by atoms with Crippen molar-refractivity contribution in [1.29, 1.82) is 0 Å². The Kier molecular flexibility index (Phi) is 7.34. The van der Waals surface area contributed by atoms with Crippen molar-refractivity contribution in [2.75, 3.05) is 40.4 Å². The van der Waals surface area contributed by atoms with Crippen LogP contribution in [0.3, 0.4) is 0 Å². The molecule has 0 radical (unpaired) electrons. The number of likely N-dealkylation sites (N-methyl/N-ethyl adjacent to an activating group) is 1. The van der Waals surface area contributed by atoms with Gasteiger partial charge < -0.3 is 19.7 Å². The number of nitrogens with one attached hydrogen (secondary N) is 1. The van der Waals surface area contributed by atoms with E-state index in [1.54, 1.807) is 14.2 Å². The molecule has 0 bridgehead atoms. The van der Waals surface area contributed by atoms with Crippen LogP contribution in [-0.2, 0) is 14.3 Å². The van der Waals surface area contributed by atoms with E-state index in [0.717, 1.165) is 32.5 Å². The van der Waals surface area contributed by atoms with E-state index in [-0.39, 0.29) is 12.0 Å². The normalized spacial score (nSPS) is 26.1. The lowest BCUT2D eigenvalue weighted by molar-refractivity contribution is -0.145. The summed E-state index contributed by atoms with van der Waals surface area (Å²) >= 11 is 0. The molecule has 1 aliphatic heterocycles. The lowest BCUT2D eigenvalue weighted by atomic mass is 9.95. The number of hydrogen-bond acceptors (Lipinski definition) is 5. The molecule has 5 nitrogen and oxygen atoms in total. The molecule has 3 atom stereocenters. The maximum atomic E-state index is 11.7. The van der Waals surface area contributed by atoms with E-state index in [1.165, 1.54) is 0 Å². The van der Waals surface area contributed by atoms with Crippen LogP contribution in [-0.4, -0.2) is 63.4 Å². The number of hydrogen-bond donors (Lipinski definition) is 1. The first-order chi connectivity index (χ1) is 9.12. The number of piperidine rings is 1. The average Bonchev–Trinajstić information content (AvgIpc) is 2.41. The second kappa shape index (κ2) is 8.51. The van der Waals surface area contributed by atoms with Crippen LogP contribution in [0, 0.1) is 5.92 Å². The van der Waals surface area contributed by atoms with Crippen LogP contribution in [0.2, 0.25) is 0 Å². The van der Waals surface area contributed by atoms with Crippen molar-refractivity contribution >= 4 is 5.97 Å². The Morgan fingerprint density at radius 1 is 1.53 bits per heavy atom. The highest BCUT2D eigenvalue weighted by molar-refractivity contribution is 5.75. The minimum absolute atomic E-state index is 0.154. The van der Waals surface area contributed by atoms with Gasteiger partial charge >= 0.3 is 5.97 Å². The second-order valence-corrected chi connectivity index (χ2v) is 5.22. The van der Waals surface area contributed by atoms with E-state index in [2.05, 4.69) is 17.1 Å². The number of likely N-dealkylation sites (tertiary alicyclic amines) is 1. The lowest BCUT2D eigenvalue weighted by Crippen LogP contribution is -2.46. The van der Waals surface area contributed by atoms with Crippen LogP contribution in [0.15, 0.2) is 0 Å². The number of ether oxygens (including phenoxy) is 2. The maximum Gasteiger partial charge on any atom is 0.323 e. The van der Waals surface area contributed by atoms with Gasteiger partial charge in [0.25, 0.3) is 0 Å². The van der Waals surface area contributed by atoms with E-state index in [4.69, 9.17) is 9.47 Å². The first kappa shape index (κ1) is 16.4. The summed E-state index contributed by atoms with van der Waals surface area (Å²) in [6.45, 7) is 7.44. The molecule has 5 heteroatoms. The topological polar surface area (TPSA) is 50.8 Å². The molecule has 1 aliphatic rings. The molecule has 112 valence electrons. The van der Waals surface area contributed by atoms with E-state index >= 15 is 0 Å². The smallest absolute Gasteiger partial charge is 0.323 e. The Morgan fingerprint density at radius 3 is 2.84 bits per heavy atom. The zero-order valence-corrected chi connectivity index (χ0v) is 12.6. The van der Waals surface area contributed by atoms with E-state index in [0.29, 0.717) is 18.6 Å². The number of carbonyl (C=O) groups excluding carboxylic acids is 1. The van der Waals surface area contributed by atoms with Crippen molar-refractivity contribution in [3.8, 4) is 0 Å². The van der Waals surface area contributed by atoms with Crippen molar-refractivity contribution in [2.24, 2.45) is 5.92 Å². The van der Waals surface area contributed by atoms with Gasteiger partial charge in [0.15, 0.2) is 0 Å². The highest BCUT2D eigenvalue weighted by Crippen LogP contribution is 2.19. The van der Waals surface area contributed by atoms with Crippen molar-refractivity contribution in [2.45, 2.75) is 38.8 Å². The van der Waals surface area contributed by atoms with Gasteiger partial charge in [-0.25, -0.2) is 0 Å². The van der Waals surface area contributed by atoms with Crippen LogP contribution in [0.25, 0.3) is 0 Å². The molecule has 0 aromatic heterocycles. The number of carbonyl (C=O) groups is 1. The third-order valence-corrected chi connectivity index (χ3v) is 3.93. The Balaban J connectivity index is 2.36. The summed E-state index contributed by atoms with van der Waals surface area (Å²) in [4.78, 5) is 14.1. The molecule has 1 fully saturated rings. The Bertz CT molecular complexity index is 273. The number of esters is 1. The fourth-order valence-electron chi connectivity index (χ4n) is 2.54. The van der Waals surface area contributed by atoms with Gasteiger partial charge in [0.1, 0.15) is 6.04 Å². The Labute approximate surface area is 116 Å². The molecule has 19 heavy (non-hydrogen) atoms. The summed E-state index contributed by atoms with van der Waals surface area (Å²) < 4.78 is 10.6. The lowest BCUT2D eigenvalue weighted by Gasteiger charge is -2.36. The van der Waals surface area contributed by atoms with E-state index in [9.17, 15) is 4.79 Å². The summed E-state index contributed by atoms with van der Waals surface area (Å²) in [6, 6.07) is -0.208. The first-order valence-corrected chi connectivity index (χ1v) is 7.21. The van der Waals surface area contributed by atoms with Crippen LogP contribution in [0.1, 0.15) is 26.7 Å². The molecule has 0 amide bonds. The fraction of sp³-hybridized carbons (Fsp3) is 0.929. The van der Waals surface area contributed by atoms with Crippen LogP contribution in [0.5, 0.6) is 0 Å². The van der Waals surface area contributed by atoms with Gasteiger partial charge in [-0.2, -0.15) is 0 Å². The highest BCUT2D eigenvalue weighted by Gasteiger charge is 2.27. The van der Waals surface area contributed by atoms with Gasteiger partial charge in [0.05, 0.1) is 12.7 Å². The minimum atomic E-state index is -0.208. The predicted octanol–water partition coefficient (Wildman–Crippen LogP) is 0.884. The average molecular weight is 272 g/mol. The molecule has 1 rings (SSSR count). The van der Waals surface area contributed by atoms with Gasteiger partial charge in [-0.15, -0.1) is 0 Å². The molecular weight excluding hydrogens is 244 g/mol. The SMILES string of the molecule is CCOC(=O)C(CCN1CCC(C)C(OC)C1)NC. The molecular formula is C14H28N2O3. The summed E-state index contributed by atoms with van der Waals surface area (Å²) in [5.74, 6) is 0.463. The van der Waals surface area contributed by atoms with Crippen LogP contribution >= 0.6 is 0 Å². The number of rotatable bonds is 7. The summed E-state index contributed by atoms with van der Waals surface area (Å²) in [5, 5.41) is 3.03. The van der Waals surface area contributed by atoms with Gasteiger partial charge in [0.2, 0.25) is 0 Å². The molecule has 1 saturated heterocycles. The minimum Gasteiger partial charge on any atom is -0.465 e. The molecule has 0 aromatic rings. The molecule has 1 heterocycles.